The van der Waals surface area contributed by atoms with Gasteiger partial charge in [0, 0.05) is 24.7 Å². The van der Waals surface area contributed by atoms with Gasteiger partial charge in [-0.3, -0.25) is 9.36 Å². The third kappa shape index (κ3) is 5.26. The summed E-state index contributed by atoms with van der Waals surface area (Å²) in [6.45, 7) is 5.96. The fourth-order valence-electron chi connectivity index (χ4n) is 3.45. The number of hydrogen-bond acceptors (Lipinski definition) is 6. The third-order valence-electron chi connectivity index (χ3n) is 4.95. The van der Waals surface area contributed by atoms with Crippen molar-refractivity contribution in [2.45, 2.75) is 38.8 Å². The highest BCUT2D eigenvalue weighted by Crippen LogP contribution is 2.26. The van der Waals surface area contributed by atoms with E-state index < -0.39 is 0 Å². The summed E-state index contributed by atoms with van der Waals surface area (Å²) in [6, 6.07) is 18.3. The molecule has 0 bridgehead atoms. The monoisotopic (exact) mass is 447 g/mol. The van der Waals surface area contributed by atoms with E-state index in [1.807, 2.05) is 18.2 Å². The van der Waals surface area contributed by atoms with Crippen molar-refractivity contribution in [3.05, 3.63) is 82.9 Å². The quantitative estimate of drug-likeness (QED) is 0.387. The zero-order chi connectivity index (χ0) is 22.5. The van der Waals surface area contributed by atoms with Crippen molar-refractivity contribution in [2.75, 3.05) is 11.1 Å². The van der Waals surface area contributed by atoms with Crippen molar-refractivity contribution in [3.63, 3.8) is 0 Å². The zero-order valence-corrected chi connectivity index (χ0v) is 19.1. The van der Waals surface area contributed by atoms with Crippen LogP contribution in [0, 0.1) is 20.8 Å². The Morgan fingerprint density at radius 3 is 2.59 bits per heavy atom. The molecule has 0 aliphatic rings. The van der Waals surface area contributed by atoms with E-state index in [1.54, 1.807) is 13.0 Å². The van der Waals surface area contributed by atoms with E-state index in [4.69, 9.17) is 4.52 Å². The zero-order valence-electron chi connectivity index (χ0n) is 18.3. The Balaban J connectivity index is 1.52. The minimum atomic E-state index is -0.118. The van der Waals surface area contributed by atoms with Crippen LogP contribution in [0.25, 0.3) is 5.69 Å². The molecule has 4 rings (SSSR count). The summed E-state index contributed by atoms with van der Waals surface area (Å²) in [6.07, 6.45) is 0.998. The molecule has 164 valence electrons. The van der Waals surface area contributed by atoms with Crippen LogP contribution in [-0.4, -0.2) is 31.6 Å². The molecule has 2 aromatic heterocycles. The molecule has 4 aromatic rings. The highest BCUT2D eigenvalue weighted by molar-refractivity contribution is 7.99. The lowest BCUT2D eigenvalue weighted by Gasteiger charge is -2.13. The highest BCUT2D eigenvalue weighted by Gasteiger charge is 2.17. The smallest absolute Gasteiger partial charge is 0.226 e. The number of benzene rings is 2. The molecule has 2 heterocycles. The molecule has 0 aliphatic carbocycles. The SMILES string of the molecule is Cc1ccc(-n2c(Cc3ccccc3)nnc2SCCC(=O)Nc2cc(C)on2)c(C)c1. The lowest BCUT2D eigenvalue weighted by molar-refractivity contribution is -0.115. The molecule has 1 amide bonds. The molecule has 2 aromatic carbocycles. The van der Waals surface area contributed by atoms with Crippen molar-refractivity contribution in [3.8, 4) is 5.69 Å². The lowest BCUT2D eigenvalue weighted by atomic mass is 10.1. The van der Waals surface area contributed by atoms with Crippen LogP contribution < -0.4 is 5.32 Å². The maximum Gasteiger partial charge on any atom is 0.226 e. The molecule has 0 radical (unpaired) electrons. The van der Waals surface area contributed by atoms with E-state index in [1.165, 1.54) is 22.9 Å². The molecule has 0 fully saturated rings. The summed E-state index contributed by atoms with van der Waals surface area (Å²) >= 11 is 1.51. The average molecular weight is 448 g/mol. The van der Waals surface area contributed by atoms with Crippen molar-refractivity contribution < 1.29 is 9.32 Å². The summed E-state index contributed by atoms with van der Waals surface area (Å²) in [4.78, 5) is 12.3. The number of thioether (sulfide) groups is 1. The van der Waals surface area contributed by atoms with E-state index in [2.05, 4.69) is 69.4 Å². The summed E-state index contributed by atoms with van der Waals surface area (Å²) < 4.78 is 7.09. The minimum Gasteiger partial charge on any atom is -0.360 e. The Hall–Kier alpha value is -3.39. The largest absolute Gasteiger partial charge is 0.360 e. The summed E-state index contributed by atoms with van der Waals surface area (Å²) in [5.41, 5.74) is 4.58. The molecule has 0 saturated carbocycles. The van der Waals surface area contributed by atoms with Crippen molar-refractivity contribution in [2.24, 2.45) is 0 Å². The van der Waals surface area contributed by atoms with Gasteiger partial charge in [0.1, 0.15) is 11.6 Å². The molecule has 0 unspecified atom stereocenters. The Morgan fingerprint density at radius 2 is 1.88 bits per heavy atom. The van der Waals surface area contributed by atoms with E-state index in [9.17, 15) is 4.79 Å². The van der Waals surface area contributed by atoms with Crippen LogP contribution in [-0.2, 0) is 11.2 Å². The number of hydrogen-bond donors (Lipinski definition) is 1. The van der Waals surface area contributed by atoms with Gasteiger partial charge in [-0.25, -0.2) is 0 Å². The first kappa shape index (κ1) is 21.8. The molecule has 0 saturated heterocycles. The fourth-order valence-corrected chi connectivity index (χ4v) is 4.35. The topological polar surface area (TPSA) is 85.8 Å². The molecule has 7 nitrogen and oxygen atoms in total. The number of rotatable bonds is 8. The van der Waals surface area contributed by atoms with Crippen molar-refractivity contribution >= 4 is 23.5 Å². The second kappa shape index (κ2) is 9.82. The maximum absolute atomic E-state index is 12.3. The Labute approximate surface area is 191 Å². The second-order valence-electron chi connectivity index (χ2n) is 7.66. The van der Waals surface area contributed by atoms with Crippen LogP contribution in [0.5, 0.6) is 0 Å². The molecule has 32 heavy (non-hydrogen) atoms. The average Bonchev–Trinajstić information content (AvgIpc) is 3.35. The van der Waals surface area contributed by atoms with Crippen LogP contribution in [0.15, 0.2) is 64.3 Å². The third-order valence-corrected chi connectivity index (χ3v) is 5.89. The van der Waals surface area contributed by atoms with Gasteiger partial charge in [0.2, 0.25) is 5.91 Å². The predicted molar refractivity (Wildman–Crippen MR) is 125 cm³/mol. The molecule has 1 N–H and O–H groups in total. The van der Waals surface area contributed by atoms with Gasteiger partial charge in [-0.2, -0.15) is 0 Å². The van der Waals surface area contributed by atoms with E-state index in [0.29, 0.717) is 30.2 Å². The van der Waals surface area contributed by atoms with E-state index >= 15 is 0 Å². The van der Waals surface area contributed by atoms with E-state index in [-0.39, 0.29) is 5.91 Å². The van der Waals surface area contributed by atoms with Gasteiger partial charge in [-0.1, -0.05) is 64.9 Å². The number of aromatic nitrogens is 4. The number of nitrogens with one attached hydrogen (secondary N) is 1. The molecular weight excluding hydrogens is 422 g/mol. The van der Waals surface area contributed by atoms with Crippen LogP contribution in [0.2, 0.25) is 0 Å². The summed E-state index contributed by atoms with van der Waals surface area (Å²) in [7, 11) is 0. The minimum absolute atomic E-state index is 0.118. The number of nitrogens with zero attached hydrogens (tertiary/aromatic N) is 4. The molecule has 0 aliphatic heterocycles. The summed E-state index contributed by atoms with van der Waals surface area (Å²) in [5.74, 6) is 2.40. The molecular formula is C24H25N5O2S. The second-order valence-corrected chi connectivity index (χ2v) is 8.72. The number of anilines is 1. The summed E-state index contributed by atoms with van der Waals surface area (Å²) in [5, 5.41) is 16.3. The molecule has 0 atom stereocenters. The van der Waals surface area contributed by atoms with Crippen LogP contribution in [0.3, 0.4) is 0 Å². The number of amides is 1. The lowest BCUT2D eigenvalue weighted by Crippen LogP contribution is -2.12. The first-order chi connectivity index (χ1) is 15.5. The number of carbonyl (C=O) groups is 1. The standard InChI is InChI=1S/C24H25N5O2S/c1-16-9-10-20(17(2)13-16)29-22(15-19-7-5-4-6-8-19)26-27-24(29)32-12-11-23(30)25-21-14-18(3)31-28-21/h4-10,13-14H,11-12,15H2,1-3H3,(H,25,28,30). The molecule has 0 spiro atoms. The first-order valence-corrected chi connectivity index (χ1v) is 11.4. The van der Waals surface area contributed by atoms with Gasteiger partial charge in [0.15, 0.2) is 11.0 Å². The Morgan fingerprint density at radius 1 is 1.06 bits per heavy atom. The fraction of sp³-hybridized carbons (Fsp3) is 0.250. The van der Waals surface area contributed by atoms with Crippen LogP contribution >= 0.6 is 11.8 Å². The predicted octanol–water partition coefficient (Wildman–Crippen LogP) is 4.89. The number of aryl methyl sites for hydroxylation is 3. The van der Waals surface area contributed by atoms with Crippen molar-refractivity contribution in [1.82, 2.24) is 19.9 Å². The highest BCUT2D eigenvalue weighted by atomic mass is 32.2. The van der Waals surface area contributed by atoms with Gasteiger partial charge < -0.3 is 9.84 Å². The maximum atomic E-state index is 12.3. The van der Waals surface area contributed by atoms with Crippen LogP contribution in [0.4, 0.5) is 5.82 Å². The Bertz CT molecular complexity index is 1220. The normalized spacial score (nSPS) is 11.0. The molecule has 8 heteroatoms. The van der Waals surface area contributed by atoms with Crippen LogP contribution in [0.1, 0.15) is 34.7 Å². The first-order valence-electron chi connectivity index (χ1n) is 10.4. The van der Waals surface area contributed by atoms with Gasteiger partial charge in [0.25, 0.3) is 0 Å². The van der Waals surface area contributed by atoms with Gasteiger partial charge in [0.05, 0.1) is 5.69 Å². The van der Waals surface area contributed by atoms with Crippen molar-refractivity contribution in [1.29, 1.82) is 0 Å². The van der Waals surface area contributed by atoms with E-state index in [0.717, 1.165) is 22.2 Å². The number of carbonyl (C=O) groups excluding carboxylic acids is 1. The van der Waals surface area contributed by atoms with Gasteiger partial charge in [-0.15, -0.1) is 10.2 Å². The Kier molecular flexibility index (Phi) is 6.70. The van der Waals surface area contributed by atoms with Gasteiger partial charge in [-0.05, 0) is 38.0 Å². The van der Waals surface area contributed by atoms with Gasteiger partial charge >= 0.3 is 0 Å².